The number of para-hydroxylation sites is 2. The van der Waals surface area contributed by atoms with Crippen LogP contribution in [0.1, 0.15) is 26.7 Å². The van der Waals surface area contributed by atoms with Crippen LogP contribution in [0.5, 0.6) is 0 Å². The van der Waals surface area contributed by atoms with Crippen molar-refractivity contribution in [2.45, 2.75) is 39.3 Å². The molecular weight excluding hydrogens is 296 g/mol. The number of aliphatic hydroxyl groups is 1. The van der Waals surface area contributed by atoms with Crippen LogP contribution in [0.25, 0.3) is 21.8 Å². The molecule has 0 saturated heterocycles. The van der Waals surface area contributed by atoms with Crippen LogP contribution in [-0.4, -0.2) is 35.4 Å². The zero-order valence-electron chi connectivity index (χ0n) is 14.8. The summed E-state index contributed by atoms with van der Waals surface area (Å²) in [6.45, 7) is 8.19. The number of hydrogen-bond donors (Lipinski definition) is 2. The van der Waals surface area contributed by atoms with Crippen LogP contribution in [0.15, 0.2) is 48.5 Å². The summed E-state index contributed by atoms with van der Waals surface area (Å²) in [5.41, 5.74) is 2.43. The van der Waals surface area contributed by atoms with Gasteiger partial charge in [-0.15, -0.1) is 0 Å². The fourth-order valence-electron chi connectivity index (χ4n) is 3.84. The fourth-order valence-corrected chi connectivity index (χ4v) is 3.84. The molecule has 3 heteroatoms. The minimum absolute atomic E-state index is 0.322. The molecular formula is C21H29N2O+. The van der Waals surface area contributed by atoms with Crippen LogP contribution in [0.2, 0.25) is 0 Å². The second-order valence-corrected chi connectivity index (χ2v) is 6.75. The van der Waals surface area contributed by atoms with Gasteiger partial charge in [0.1, 0.15) is 12.6 Å². The lowest BCUT2D eigenvalue weighted by Crippen LogP contribution is -3.13. The molecule has 24 heavy (non-hydrogen) atoms. The minimum atomic E-state index is -0.322. The normalized spacial score (nSPS) is 13.2. The molecule has 128 valence electrons. The van der Waals surface area contributed by atoms with Gasteiger partial charge in [-0.1, -0.05) is 50.2 Å². The first-order chi connectivity index (χ1) is 11.7. The first-order valence-electron chi connectivity index (χ1n) is 9.22. The maximum atomic E-state index is 10.7. The number of hydrogen-bond acceptors (Lipinski definition) is 1. The Kier molecular flexibility index (Phi) is 5.54. The average Bonchev–Trinajstić information content (AvgIpc) is 2.90. The maximum absolute atomic E-state index is 10.7. The van der Waals surface area contributed by atoms with E-state index in [1.807, 2.05) is 0 Å². The van der Waals surface area contributed by atoms with Gasteiger partial charge in [0.15, 0.2) is 0 Å². The van der Waals surface area contributed by atoms with E-state index < -0.39 is 0 Å². The Labute approximate surface area is 144 Å². The second-order valence-electron chi connectivity index (χ2n) is 6.75. The second kappa shape index (κ2) is 7.82. The van der Waals surface area contributed by atoms with Gasteiger partial charge in [-0.05, 0) is 25.0 Å². The Bertz CT molecular complexity index is 733. The number of aliphatic hydroxyl groups excluding tert-OH is 1. The van der Waals surface area contributed by atoms with Crippen molar-refractivity contribution < 1.29 is 10.0 Å². The molecule has 2 aromatic carbocycles. The average molecular weight is 325 g/mol. The van der Waals surface area contributed by atoms with Crippen LogP contribution >= 0.6 is 0 Å². The smallest absolute Gasteiger partial charge is 0.121 e. The summed E-state index contributed by atoms with van der Waals surface area (Å²) in [4.78, 5) is 1.51. The zero-order valence-corrected chi connectivity index (χ0v) is 14.8. The summed E-state index contributed by atoms with van der Waals surface area (Å²) in [5, 5.41) is 13.3. The standard InChI is InChI=1S/C21H28N2O/c1-3-13-22(14-4-2)15-17(24)16-23-20-11-7-5-9-18(20)19-10-6-8-12-21(19)23/h5-12,17,24H,3-4,13-16H2,1-2H3/p+1/t17-/m1/s1. The van der Waals surface area contributed by atoms with Crippen LogP contribution < -0.4 is 4.90 Å². The van der Waals surface area contributed by atoms with Gasteiger partial charge >= 0.3 is 0 Å². The van der Waals surface area contributed by atoms with Gasteiger partial charge in [0.05, 0.1) is 19.6 Å². The molecule has 3 nitrogen and oxygen atoms in total. The van der Waals surface area contributed by atoms with Gasteiger partial charge in [0.25, 0.3) is 0 Å². The molecule has 1 heterocycles. The number of quaternary nitrogens is 1. The summed E-state index contributed by atoms with van der Waals surface area (Å²) in [6, 6.07) is 17.0. The van der Waals surface area contributed by atoms with Crippen molar-refractivity contribution in [1.82, 2.24) is 4.57 Å². The Hall–Kier alpha value is -1.84. The molecule has 0 fully saturated rings. The zero-order chi connectivity index (χ0) is 16.9. The van der Waals surface area contributed by atoms with Gasteiger partial charge in [-0.2, -0.15) is 0 Å². The highest BCUT2D eigenvalue weighted by Gasteiger charge is 2.17. The Balaban J connectivity index is 1.88. The summed E-state index contributed by atoms with van der Waals surface area (Å²) in [6.07, 6.45) is 2.01. The molecule has 2 N–H and O–H groups in total. The van der Waals surface area contributed by atoms with Crippen molar-refractivity contribution in [2.24, 2.45) is 0 Å². The van der Waals surface area contributed by atoms with Crippen molar-refractivity contribution in [1.29, 1.82) is 0 Å². The molecule has 0 unspecified atom stereocenters. The SMILES string of the molecule is CCC[NH+](CCC)C[C@@H](O)Cn1c2ccccc2c2ccccc21. The molecule has 0 amide bonds. The molecule has 0 saturated carbocycles. The Morgan fingerprint density at radius 1 is 0.875 bits per heavy atom. The molecule has 0 radical (unpaired) electrons. The fraction of sp³-hybridized carbons (Fsp3) is 0.429. The largest absolute Gasteiger partial charge is 0.385 e. The van der Waals surface area contributed by atoms with Crippen molar-refractivity contribution >= 4 is 21.8 Å². The van der Waals surface area contributed by atoms with Crippen molar-refractivity contribution in [3.8, 4) is 0 Å². The van der Waals surface area contributed by atoms with Gasteiger partial charge in [-0.25, -0.2) is 0 Å². The van der Waals surface area contributed by atoms with Crippen molar-refractivity contribution in [3.05, 3.63) is 48.5 Å². The summed E-state index contributed by atoms with van der Waals surface area (Å²) < 4.78 is 2.28. The van der Waals surface area contributed by atoms with Gasteiger partial charge in [0, 0.05) is 21.8 Å². The molecule has 1 atom stereocenters. The third kappa shape index (κ3) is 3.47. The number of nitrogens with zero attached hydrogens (tertiary/aromatic N) is 1. The third-order valence-corrected chi connectivity index (χ3v) is 4.80. The van der Waals surface area contributed by atoms with E-state index in [0.29, 0.717) is 6.54 Å². The van der Waals surface area contributed by atoms with E-state index in [0.717, 1.165) is 32.5 Å². The van der Waals surface area contributed by atoms with Gasteiger partial charge in [0.2, 0.25) is 0 Å². The summed E-state index contributed by atoms with van der Waals surface area (Å²) >= 11 is 0. The lowest BCUT2D eigenvalue weighted by atomic mass is 10.2. The lowest BCUT2D eigenvalue weighted by molar-refractivity contribution is -0.903. The molecule has 3 rings (SSSR count). The van der Waals surface area contributed by atoms with Gasteiger partial charge in [-0.3, -0.25) is 0 Å². The number of aromatic nitrogens is 1. The number of nitrogens with one attached hydrogen (secondary N) is 1. The highest BCUT2D eigenvalue weighted by Crippen LogP contribution is 2.28. The van der Waals surface area contributed by atoms with E-state index in [4.69, 9.17) is 0 Å². The first kappa shape index (κ1) is 17.0. The molecule has 0 aliphatic carbocycles. The molecule has 0 spiro atoms. The number of fused-ring (bicyclic) bond motifs is 3. The van der Waals surface area contributed by atoms with E-state index >= 15 is 0 Å². The first-order valence-corrected chi connectivity index (χ1v) is 9.22. The van der Waals surface area contributed by atoms with E-state index in [2.05, 4.69) is 66.9 Å². The van der Waals surface area contributed by atoms with Gasteiger partial charge < -0.3 is 14.6 Å². The molecule has 0 bridgehead atoms. The predicted molar refractivity (Wildman–Crippen MR) is 102 cm³/mol. The summed E-state index contributed by atoms with van der Waals surface area (Å²) in [7, 11) is 0. The van der Waals surface area contributed by atoms with E-state index in [1.54, 1.807) is 0 Å². The highest BCUT2D eigenvalue weighted by atomic mass is 16.3. The van der Waals surface area contributed by atoms with E-state index in [1.165, 1.54) is 26.7 Å². The van der Waals surface area contributed by atoms with Crippen LogP contribution in [0.3, 0.4) is 0 Å². The van der Waals surface area contributed by atoms with E-state index in [9.17, 15) is 5.11 Å². The molecule has 3 aromatic rings. The van der Waals surface area contributed by atoms with Crippen LogP contribution in [0, 0.1) is 0 Å². The summed E-state index contributed by atoms with van der Waals surface area (Å²) in [5.74, 6) is 0. The Morgan fingerprint density at radius 2 is 1.38 bits per heavy atom. The minimum Gasteiger partial charge on any atom is -0.385 e. The van der Waals surface area contributed by atoms with Crippen LogP contribution in [-0.2, 0) is 6.54 Å². The number of rotatable bonds is 8. The number of benzene rings is 2. The lowest BCUT2D eigenvalue weighted by Gasteiger charge is -2.22. The molecule has 0 aliphatic rings. The molecule has 0 aliphatic heterocycles. The Morgan fingerprint density at radius 3 is 1.88 bits per heavy atom. The van der Waals surface area contributed by atoms with Crippen molar-refractivity contribution in [2.75, 3.05) is 19.6 Å². The predicted octanol–water partition coefficient (Wildman–Crippen LogP) is 2.86. The topological polar surface area (TPSA) is 29.6 Å². The van der Waals surface area contributed by atoms with Crippen LogP contribution in [0.4, 0.5) is 0 Å². The van der Waals surface area contributed by atoms with E-state index in [-0.39, 0.29) is 6.10 Å². The maximum Gasteiger partial charge on any atom is 0.121 e. The third-order valence-electron chi connectivity index (χ3n) is 4.80. The van der Waals surface area contributed by atoms with Crippen molar-refractivity contribution in [3.63, 3.8) is 0 Å². The highest BCUT2D eigenvalue weighted by molar-refractivity contribution is 6.07. The molecule has 1 aromatic heterocycles. The quantitative estimate of drug-likeness (QED) is 0.655. The monoisotopic (exact) mass is 325 g/mol.